The van der Waals surface area contributed by atoms with Gasteiger partial charge in [-0.3, -0.25) is 0 Å². The molecule has 16 heavy (non-hydrogen) atoms. The van der Waals surface area contributed by atoms with Gasteiger partial charge < -0.3 is 15.5 Å². The first kappa shape index (κ1) is 11.2. The van der Waals surface area contributed by atoms with Crippen LogP contribution in [-0.4, -0.2) is 43.6 Å². The van der Waals surface area contributed by atoms with E-state index in [0.717, 1.165) is 24.1 Å². The van der Waals surface area contributed by atoms with E-state index in [1.807, 2.05) is 25.2 Å². The van der Waals surface area contributed by atoms with Crippen molar-refractivity contribution in [2.75, 3.05) is 44.4 Å². The van der Waals surface area contributed by atoms with Gasteiger partial charge in [0.1, 0.15) is 11.6 Å². The molecule has 1 aromatic heterocycles. The maximum absolute atomic E-state index is 4.44. The van der Waals surface area contributed by atoms with Crippen molar-refractivity contribution in [3.63, 3.8) is 0 Å². The Kier molecular flexibility index (Phi) is 3.62. The molecule has 0 aromatic carbocycles. The van der Waals surface area contributed by atoms with E-state index >= 15 is 0 Å². The van der Waals surface area contributed by atoms with Crippen molar-refractivity contribution in [2.24, 2.45) is 5.92 Å². The second kappa shape index (κ2) is 5.16. The van der Waals surface area contributed by atoms with Gasteiger partial charge in [-0.1, -0.05) is 6.07 Å². The molecule has 0 radical (unpaired) electrons. The van der Waals surface area contributed by atoms with Gasteiger partial charge in [-0.25, -0.2) is 4.98 Å². The minimum Gasteiger partial charge on any atom is -0.373 e. The van der Waals surface area contributed by atoms with E-state index in [4.69, 9.17) is 0 Å². The summed E-state index contributed by atoms with van der Waals surface area (Å²) in [5, 5.41) is 6.45. The number of nitrogens with zero attached hydrogens (tertiary/aromatic N) is 2. The van der Waals surface area contributed by atoms with Crippen molar-refractivity contribution in [3.8, 4) is 0 Å². The first-order chi connectivity index (χ1) is 7.78. The van der Waals surface area contributed by atoms with Crippen molar-refractivity contribution < 1.29 is 0 Å². The zero-order valence-corrected chi connectivity index (χ0v) is 10.0. The van der Waals surface area contributed by atoms with Crippen LogP contribution >= 0.6 is 0 Å². The number of nitrogens with one attached hydrogen (secondary N) is 2. The van der Waals surface area contributed by atoms with Crippen LogP contribution in [0.15, 0.2) is 18.2 Å². The molecule has 0 saturated carbocycles. The molecule has 0 spiro atoms. The molecule has 4 nitrogen and oxygen atoms in total. The fourth-order valence-corrected chi connectivity index (χ4v) is 2.11. The quantitative estimate of drug-likeness (QED) is 0.806. The van der Waals surface area contributed by atoms with E-state index in [2.05, 4.69) is 27.6 Å². The Bertz CT molecular complexity index is 340. The van der Waals surface area contributed by atoms with Crippen LogP contribution in [0.3, 0.4) is 0 Å². The second-order valence-electron chi connectivity index (χ2n) is 4.46. The van der Waals surface area contributed by atoms with Gasteiger partial charge >= 0.3 is 0 Å². The van der Waals surface area contributed by atoms with E-state index in [9.17, 15) is 0 Å². The molecule has 4 heteroatoms. The third-order valence-corrected chi connectivity index (χ3v) is 3.07. The van der Waals surface area contributed by atoms with Crippen LogP contribution in [0.2, 0.25) is 0 Å². The number of rotatable bonds is 4. The highest BCUT2D eigenvalue weighted by Crippen LogP contribution is 2.15. The minimum atomic E-state index is 0.755. The van der Waals surface area contributed by atoms with Crippen LogP contribution in [0, 0.1) is 5.92 Å². The molecule has 1 aliphatic rings. The number of likely N-dealkylation sites (tertiary alicyclic amines) is 1. The van der Waals surface area contributed by atoms with Gasteiger partial charge in [0, 0.05) is 20.1 Å². The van der Waals surface area contributed by atoms with Crippen LogP contribution in [0.25, 0.3) is 0 Å². The number of aromatic nitrogens is 1. The summed E-state index contributed by atoms with van der Waals surface area (Å²) in [7, 11) is 4.07. The summed E-state index contributed by atoms with van der Waals surface area (Å²) in [6.45, 7) is 3.43. The SMILES string of the molecule is CNc1cccc(NCC2CCN(C)C2)n1. The molecule has 1 atom stereocenters. The van der Waals surface area contributed by atoms with Gasteiger partial charge in [-0.05, 0) is 38.1 Å². The Morgan fingerprint density at radius 1 is 1.44 bits per heavy atom. The highest BCUT2D eigenvalue weighted by Gasteiger charge is 2.18. The molecule has 2 heterocycles. The normalized spacial score (nSPS) is 21.0. The standard InChI is InChI=1S/C12H20N4/c1-13-11-4-3-5-12(15-11)14-8-10-6-7-16(2)9-10/h3-5,10H,6-9H2,1-2H3,(H2,13,14,15). The monoisotopic (exact) mass is 220 g/mol. The third-order valence-electron chi connectivity index (χ3n) is 3.07. The largest absolute Gasteiger partial charge is 0.373 e. The lowest BCUT2D eigenvalue weighted by Gasteiger charge is -2.12. The lowest BCUT2D eigenvalue weighted by atomic mass is 10.1. The van der Waals surface area contributed by atoms with Crippen LogP contribution < -0.4 is 10.6 Å². The van der Waals surface area contributed by atoms with E-state index in [1.54, 1.807) is 0 Å². The highest BCUT2D eigenvalue weighted by molar-refractivity contribution is 5.44. The van der Waals surface area contributed by atoms with Gasteiger partial charge in [0.15, 0.2) is 0 Å². The molecule has 0 aliphatic carbocycles. The van der Waals surface area contributed by atoms with Crippen molar-refractivity contribution in [3.05, 3.63) is 18.2 Å². The molecule has 1 unspecified atom stereocenters. The van der Waals surface area contributed by atoms with E-state index < -0.39 is 0 Å². The van der Waals surface area contributed by atoms with Crippen LogP contribution in [0.1, 0.15) is 6.42 Å². The Hall–Kier alpha value is -1.29. The number of hydrogen-bond donors (Lipinski definition) is 2. The average molecular weight is 220 g/mol. The molecule has 0 bridgehead atoms. The van der Waals surface area contributed by atoms with Crippen LogP contribution in [0.4, 0.5) is 11.6 Å². The smallest absolute Gasteiger partial charge is 0.128 e. The summed E-state index contributed by atoms with van der Waals surface area (Å²) >= 11 is 0. The number of pyridine rings is 1. The predicted octanol–water partition coefficient (Wildman–Crippen LogP) is 1.49. The third kappa shape index (κ3) is 2.85. The Labute approximate surface area is 97.1 Å². The number of hydrogen-bond acceptors (Lipinski definition) is 4. The summed E-state index contributed by atoms with van der Waals surface area (Å²) < 4.78 is 0. The molecule has 1 saturated heterocycles. The summed E-state index contributed by atoms with van der Waals surface area (Å²) in [5.41, 5.74) is 0. The fourth-order valence-electron chi connectivity index (χ4n) is 2.11. The molecule has 2 N–H and O–H groups in total. The zero-order valence-electron chi connectivity index (χ0n) is 10.0. The van der Waals surface area contributed by atoms with Gasteiger partial charge in [0.2, 0.25) is 0 Å². The molecular weight excluding hydrogens is 200 g/mol. The van der Waals surface area contributed by atoms with Gasteiger partial charge in [-0.15, -0.1) is 0 Å². The van der Waals surface area contributed by atoms with Gasteiger partial charge in [-0.2, -0.15) is 0 Å². The van der Waals surface area contributed by atoms with Crippen LogP contribution in [0.5, 0.6) is 0 Å². The maximum atomic E-state index is 4.44. The first-order valence-corrected chi connectivity index (χ1v) is 5.85. The van der Waals surface area contributed by atoms with Crippen molar-refractivity contribution >= 4 is 11.6 Å². The summed E-state index contributed by atoms with van der Waals surface area (Å²) in [6.07, 6.45) is 1.29. The predicted molar refractivity (Wildman–Crippen MR) is 67.9 cm³/mol. The van der Waals surface area contributed by atoms with E-state index in [1.165, 1.54) is 19.5 Å². The molecule has 1 aromatic rings. The topological polar surface area (TPSA) is 40.2 Å². The van der Waals surface area contributed by atoms with Gasteiger partial charge in [0.05, 0.1) is 0 Å². The Morgan fingerprint density at radius 2 is 2.25 bits per heavy atom. The van der Waals surface area contributed by atoms with Gasteiger partial charge in [0.25, 0.3) is 0 Å². The fraction of sp³-hybridized carbons (Fsp3) is 0.583. The zero-order chi connectivity index (χ0) is 11.4. The van der Waals surface area contributed by atoms with E-state index in [-0.39, 0.29) is 0 Å². The maximum Gasteiger partial charge on any atom is 0.128 e. The lowest BCUT2D eigenvalue weighted by molar-refractivity contribution is 0.399. The van der Waals surface area contributed by atoms with E-state index in [0.29, 0.717) is 0 Å². The first-order valence-electron chi connectivity index (χ1n) is 5.85. The minimum absolute atomic E-state index is 0.755. The molecule has 1 fully saturated rings. The molecule has 2 rings (SSSR count). The Balaban J connectivity index is 1.84. The Morgan fingerprint density at radius 3 is 2.94 bits per heavy atom. The molecule has 0 amide bonds. The highest BCUT2D eigenvalue weighted by atomic mass is 15.1. The average Bonchev–Trinajstić information content (AvgIpc) is 2.73. The molecular formula is C12H20N4. The molecule has 1 aliphatic heterocycles. The van der Waals surface area contributed by atoms with Crippen molar-refractivity contribution in [2.45, 2.75) is 6.42 Å². The molecule has 88 valence electrons. The second-order valence-corrected chi connectivity index (χ2v) is 4.46. The lowest BCUT2D eigenvalue weighted by Crippen LogP contribution is -2.19. The number of anilines is 2. The van der Waals surface area contributed by atoms with Crippen LogP contribution in [-0.2, 0) is 0 Å². The summed E-state index contributed by atoms with van der Waals surface area (Å²) in [4.78, 5) is 6.81. The van der Waals surface area contributed by atoms with Crippen molar-refractivity contribution in [1.82, 2.24) is 9.88 Å². The summed E-state index contributed by atoms with van der Waals surface area (Å²) in [5.74, 6) is 2.62. The van der Waals surface area contributed by atoms with Crippen molar-refractivity contribution in [1.29, 1.82) is 0 Å². The summed E-state index contributed by atoms with van der Waals surface area (Å²) in [6, 6.07) is 6.00.